The lowest BCUT2D eigenvalue weighted by Gasteiger charge is -2.29. The van der Waals surface area contributed by atoms with Gasteiger partial charge < -0.3 is 0 Å². The Labute approximate surface area is 121 Å². The molecule has 0 amide bonds. The van der Waals surface area contributed by atoms with Gasteiger partial charge in [0.2, 0.25) is 0 Å². The molecule has 1 unspecified atom stereocenters. The molecular formula is C17H22N2O. The van der Waals surface area contributed by atoms with Crippen molar-refractivity contribution in [2.45, 2.75) is 51.6 Å². The van der Waals surface area contributed by atoms with Crippen molar-refractivity contribution in [3.05, 3.63) is 35.4 Å². The Balaban J connectivity index is 2.14. The summed E-state index contributed by atoms with van der Waals surface area (Å²) in [5, 5.41) is 9.19. The molecule has 1 atom stereocenters. The zero-order valence-corrected chi connectivity index (χ0v) is 12.1. The molecule has 3 nitrogen and oxygen atoms in total. The quantitative estimate of drug-likeness (QED) is 0.843. The molecule has 0 radical (unpaired) electrons. The Bertz CT molecular complexity index is 504. The zero-order valence-electron chi connectivity index (χ0n) is 12.1. The first-order chi connectivity index (χ1) is 9.70. The summed E-state index contributed by atoms with van der Waals surface area (Å²) in [6.07, 6.45) is 5.35. The third-order valence-corrected chi connectivity index (χ3v) is 4.03. The molecule has 0 N–H and O–H groups in total. The zero-order chi connectivity index (χ0) is 14.4. The number of hydrogen-bond acceptors (Lipinski definition) is 3. The average Bonchev–Trinajstić information content (AvgIpc) is 2.65. The van der Waals surface area contributed by atoms with Crippen molar-refractivity contribution < 1.29 is 4.79 Å². The lowest BCUT2D eigenvalue weighted by atomic mass is 10.0. The number of carbonyl (C=O) groups is 1. The van der Waals surface area contributed by atoms with Crippen molar-refractivity contribution in [1.82, 2.24) is 4.90 Å². The van der Waals surface area contributed by atoms with Gasteiger partial charge in [0.25, 0.3) is 0 Å². The van der Waals surface area contributed by atoms with Crippen LogP contribution in [0.1, 0.15) is 50.2 Å². The van der Waals surface area contributed by atoms with E-state index in [1.807, 2.05) is 24.3 Å². The van der Waals surface area contributed by atoms with E-state index in [9.17, 15) is 10.1 Å². The topological polar surface area (TPSA) is 44.1 Å². The fourth-order valence-electron chi connectivity index (χ4n) is 2.99. The summed E-state index contributed by atoms with van der Waals surface area (Å²) < 4.78 is 0. The van der Waals surface area contributed by atoms with E-state index in [4.69, 9.17) is 0 Å². The van der Waals surface area contributed by atoms with Crippen molar-refractivity contribution in [2.75, 3.05) is 6.54 Å². The molecule has 1 aliphatic rings. The van der Waals surface area contributed by atoms with Gasteiger partial charge >= 0.3 is 0 Å². The maximum Gasteiger partial charge on any atom is 0.131 e. The third-order valence-electron chi connectivity index (χ3n) is 4.03. The second-order valence-corrected chi connectivity index (χ2v) is 5.65. The summed E-state index contributed by atoms with van der Waals surface area (Å²) in [5.74, 6) is 0.260. The van der Waals surface area contributed by atoms with Crippen LogP contribution in [-0.4, -0.2) is 23.3 Å². The molecule has 0 bridgehead atoms. The molecule has 1 saturated heterocycles. The van der Waals surface area contributed by atoms with Gasteiger partial charge in [-0.15, -0.1) is 0 Å². The van der Waals surface area contributed by atoms with E-state index in [2.05, 4.69) is 11.0 Å². The highest BCUT2D eigenvalue weighted by Gasteiger charge is 2.22. The fourth-order valence-corrected chi connectivity index (χ4v) is 2.99. The molecule has 3 heteroatoms. The van der Waals surface area contributed by atoms with Gasteiger partial charge in [0.05, 0.1) is 11.6 Å². The lowest BCUT2D eigenvalue weighted by Crippen LogP contribution is -2.35. The highest BCUT2D eigenvalue weighted by Crippen LogP contribution is 2.22. The molecule has 2 rings (SSSR count). The normalized spacial score (nSPS) is 20.1. The van der Waals surface area contributed by atoms with E-state index < -0.39 is 0 Å². The van der Waals surface area contributed by atoms with E-state index in [1.54, 1.807) is 6.92 Å². The standard InChI is InChI=1S/C17H22N2O/c1-14(20)11-17-9-3-2-6-10-19(17)13-16-8-5-4-7-15(16)12-18/h4-5,7-8,17H,2-3,6,9-11,13H2,1H3. The first kappa shape index (κ1) is 14.7. The Morgan fingerprint density at radius 2 is 2.15 bits per heavy atom. The fraction of sp³-hybridized carbons (Fsp3) is 0.529. The Morgan fingerprint density at radius 3 is 2.90 bits per heavy atom. The Morgan fingerprint density at radius 1 is 1.35 bits per heavy atom. The lowest BCUT2D eigenvalue weighted by molar-refractivity contribution is -0.118. The molecule has 0 aliphatic carbocycles. The van der Waals surface area contributed by atoms with Gasteiger partial charge in [0, 0.05) is 19.0 Å². The highest BCUT2D eigenvalue weighted by atomic mass is 16.1. The van der Waals surface area contributed by atoms with Crippen LogP contribution in [0.15, 0.2) is 24.3 Å². The van der Waals surface area contributed by atoms with Crippen LogP contribution in [0, 0.1) is 11.3 Å². The molecule has 20 heavy (non-hydrogen) atoms. The largest absolute Gasteiger partial charge is 0.300 e. The monoisotopic (exact) mass is 270 g/mol. The summed E-state index contributed by atoms with van der Waals surface area (Å²) in [7, 11) is 0. The van der Waals surface area contributed by atoms with Gasteiger partial charge in [0.1, 0.15) is 5.78 Å². The summed E-state index contributed by atoms with van der Waals surface area (Å²) in [6.45, 7) is 3.48. The Hall–Kier alpha value is -1.66. The van der Waals surface area contributed by atoms with Gasteiger partial charge in [-0.2, -0.15) is 5.26 Å². The van der Waals surface area contributed by atoms with Gasteiger partial charge in [-0.1, -0.05) is 31.0 Å². The van der Waals surface area contributed by atoms with Crippen molar-refractivity contribution in [3.8, 4) is 6.07 Å². The van der Waals surface area contributed by atoms with Crippen LogP contribution in [0.3, 0.4) is 0 Å². The van der Waals surface area contributed by atoms with Gasteiger partial charge in [-0.3, -0.25) is 9.69 Å². The molecular weight excluding hydrogens is 248 g/mol. The summed E-state index contributed by atoms with van der Waals surface area (Å²) in [6, 6.07) is 10.4. The van der Waals surface area contributed by atoms with Gasteiger partial charge in [0.15, 0.2) is 0 Å². The van der Waals surface area contributed by atoms with Crippen molar-refractivity contribution in [2.24, 2.45) is 0 Å². The molecule has 1 aromatic carbocycles. The molecule has 1 aromatic rings. The maximum absolute atomic E-state index is 11.5. The van der Waals surface area contributed by atoms with E-state index in [1.165, 1.54) is 19.3 Å². The SMILES string of the molecule is CC(=O)CC1CCCCCN1Cc1ccccc1C#N. The summed E-state index contributed by atoms with van der Waals surface area (Å²) in [5.41, 5.74) is 1.82. The first-order valence-electron chi connectivity index (χ1n) is 7.42. The number of Topliss-reactive ketones (excluding diaryl/α,β-unsaturated/α-hetero) is 1. The highest BCUT2D eigenvalue weighted by molar-refractivity contribution is 5.76. The first-order valence-corrected chi connectivity index (χ1v) is 7.42. The van der Waals surface area contributed by atoms with Crippen molar-refractivity contribution in [3.63, 3.8) is 0 Å². The van der Waals surface area contributed by atoms with E-state index in [-0.39, 0.29) is 5.78 Å². The second kappa shape index (κ2) is 7.21. The van der Waals surface area contributed by atoms with Crippen molar-refractivity contribution >= 4 is 5.78 Å². The second-order valence-electron chi connectivity index (χ2n) is 5.65. The van der Waals surface area contributed by atoms with Crippen LogP contribution in [0.4, 0.5) is 0 Å². The van der Waals surface area contributed by atoms with Crippen LogP contribution >= 0.6 is 0 Å². The van der Waals surface area contributed by atoms with Crippen LogP contribution in [-0.2, 0) is 11.3 Å². The van der Waals surface area contributed by atoms with E-state index in [0.29, 0.717) is 12.5 Å². The molecule has 1 fully saturated rings. The van der Waals surface area contributed by atoms with Crippen LogP contribution in [0.5, 0.6) is 0 Å². The smallest absolute Gasteiger partial charge is 0.131 e. The van der Waals surface area contributed by atoms with Gasteiger partial charge in [-0.25, -0.2) is 0 Å². The average molecular weight is 270 g/mol. The third kappa shape index (κ3) is 3.91. The number of carbonyl (C=O) groups excluding carboxylic acids is 1. The molecule has 0 spiro atoms. The predicted octanol–water partition coefficient (Wildman–Crippen LogP) is 3.28. The summed E-state index contributed by atoms with van der Waals surface area (Å²) >= 11 is 0. The van der Waals surface area contributed by atoms with E-state index in [0.717, 1.165) is 30.6 Å². The van der Waals surface area contributed by atoms with Gasteiger partial charge in [-0.05, 0) is 37.9 Å². The van der Waals surface area contributed by atoms with Crippen LogP contribution in [0.2, 0.25) is 0 Å². The number of ketones is 1. The minimum Gasteiger partial charge on any atom is -0.300 e. The number of hydrogen-bond donors (Lipinski definition) is 0. The maximum atomic E-state index is 11.5. The molecule has 1 heterocycles. The predicted molar refractivity (Wildman–Crippen MR) is 79.1 cm³/mol. The van der Waals surface area contributed by atoms with Crippen LogP contribution < -0.4 is 0 Å². The van der Waals surface area contributed by atoms with Crippen LogP contribution in [0.25, 0.3) is 0 Å². The number of benzene rings is 1. The van der Waals surface area contributed by atoms with Crippen molar-refractivity contribution in [1.29, 1.82) is 5.26 Å². The van der Waals surface area contributed by atoms with E-state index >= 15 is 0 Å². The molecule has 0 saturated carbocycles. The Kier molecular flexibility index (Phi) is 5.31. The molecule has 106 valence electrons. The molecule has 0 aromatic heterocycles. The molecule has 1 aliphatic heterocycles. The minimum atomic E-state index is 0.260. The number of nitriles is 1. The number of rotatable bonds is 4. The number of likely N-dealkylation sites (tertiary alicyclic amines) is 1. The number of nitrogens with zero attached hydrogens (tertiary/aromatic N) is 2. The minimum absolute atomic E-state index is 0.260. The summed E-state index contributed by atoms with van der Waals surface area (Å²) in [4.78, 5) is 13.9.